The van der Waals surface area contributed by atoms with Crippen molar-refractivity contribution in [3.63, 3.8) is 0 Å². The van der Waals surface area contributed by atoms with E-state index in [1.54, 1.807) is 31.2 Å². The molecule has 0 spiro atoms. The molecule has 110 valence electrons. The van der Waals surface area contributed by atoms with Crippen molar-refractivity contribution in [1.29, 1.82) is 0 Å². The van der Waals surface area contributed by atoms with Crippen LogP contribution in [0.15, 0.2) is 29.7 Å². The SMILES string of the molecule is CCOC(=O)CCNS(=O)(=O)C=Cc1ccc(Cl)cc1. The molecule has 0 heterocycles. The van der Waals surface area contributed by atoms with Gasteiger partial charge in [-0.1, -0.05) is 23.7 Å². The number of rotatable bonds is 7. The van der Waals surface area contributed by atoms with E-state index in [1.165, 1.54) is 6.08 Å². The Morgan fingerprint density at radius 1 is 1.35 bits per heavy atom. The number of nitrogens with one attached hydrogen (secondary N) is 1. The Hall–Kier alpha value is -1.37. The number of carbonyl (C=O) groups excluding carboxylic acids is 1. The van der Waals surface area contributed by atoms with Crippen LogP contribution in [0.5, 0.6) is 0 Å². The van der Waals surface area contributed by atoms with Crippen molar-refractivity contribution in [3.05, 3.63) is 40.3 Å². The highest BCUT2D eigenvalue weighted by Gasteiger charge is 2.07. The van der Waals surface area contributed by atoms with Crippen LogP contribution in [0.25, 0.3) is 6.08 Å². The van der Waals surface area contributed by atoms with E-state index in [-0.39, 0.29) is 19.6 Å². The molecule has 1 N–H and O–H groups in total. The molecule has 0 aliphatic rings. The van der Waals surface area contributed by atoms with E-state index >= 15 is 0 Å². The van der Waals surface area contributed by atoms with Crippen LogP contribution in [0.2, 0.25) is 5.02 Å². The van der Waals surface area contributed by atoms with Crippen LogP contribution in [-0.4, -0.2) is 27.5 Å². The van der Waals surface area contributed by atoms with Gasteiger partial charge in [-0.05, 0) is 30.7 Å². The standard InChI is InChI=1S/C13H16ClNO4S/c1-2-19-13(16)7-9-15-20(17,18)10-8-11-3-5-12(14)6-4-11/h3-6,8,10,15H,2,7,9H2,1H3. The molecule has 0 unspecified atom stereocenters. The third-order valence-electron chi connectivity index (χ3n) is 2.25. The van der Waals surface area contributed by atoms with E-state index in [1.807, 2.05) is 0 Å². The highest BCUT2D eigenvalue weighted by molar-refractivity contribution is 7.92. The second-order valence-electron chi connectivity index (χ2n) is 3.85. The van der Waals surface area contributed by atoms with Crippen LogP contribution < -0.4 is 4.72 Å². The number of halogens is 1. The smallest absolute Gasteiger partial charge is 0.307 e. The van der Waals surface area contributed by atoms with Crippen molar-refractivity contribution in [1.82, 2.24) is 4.72 Å². The molecular formula is C13H16ClNO4S. The number of ether oxygens (including phenoxy) is 1. The lowest BCUT2D eigenvalue weighted by molar-refractivity contribution is -0.142. The van der Waals surface area contributed by atoms with Gasteiger partial charge in [0.1, 0.15) is 0 Å². The molecule has 0 saturated carbocycles. The second-order valence-corrected chi connectivity index (χ2v) is 5.94. The molecule has 0 aliphatic heterocycles. The van der Waals surface area contributed by atoms with Gasteiger partial charge in [-0.15, -0.1) is 0 Å². The number of carbonyl (C=O) groups is 1. The molecule has 1 rings (SSSR count). The molecule has 1 aromatic rings. The fourth-order valence-electron chi connectivity index (χ4n) is 1.32. The van der Waals surface area contributed by atoms with E-state index in [2.05, 4.69) is 4.72 Å². The van der Waals surface area contributed by atoms with Gasteiger partial charge in [-0.3, -0.25) is 4.79 Å². The first-order chi connectivity index (χ1) is 9.43. The molecule has 20 heavy (non-hydrogen) atoms. The molecule has 0 aromatic heterocycles. The van der Waals surface area contributed by atoms with Crippen molar-refractivity contribution < 1.29 is 17.9 Å². The number of esters is 1. The van der Waals surface area contributed by atoms with E-state index in [0.717, 1.165) is 5.41 Å². The van der Waals surface area contributed by atoms with E-state index in [4.69, 9.17) is 16.3 Å². The lowest BCUT2D eigenvalue weighted by atomic mass is 10.2. The first-order valence-corrected chi connectivity index (χ1v) is 7.94. The molecular weight excluding hydrogens is 302 g/mol. The minimum atomic E-state index is -3.57. The van der Waals surface area contributed by atoms with Crippen molar-refractivity contribution in [3.8, 4) is 0 Å². The van der Waals surface area contributed by atoms with Crippen LogP contribution in [0.1, 0.15) is 18.9 Å². The van der Waals surface area contributed by atoms with Crippen molar-refractivity contribution >= 4 is 33.7 Å². The largest absolute Gasteiger partial charge is 0.466 e. The molecule has 0 saturated heterocycles. The predicted octanol–water partition coefficient (Wildman–Crippen LogP) is 2.18. The topological polar surface area (TPSA) is 72.5 Å². The Bertz CT molecular complexity index is 567. The fourth-order valence-corrected chi connectivity index (χ4v) is 2.26. The maximum atomic E-state index is 11.6. The summed E-state index contributed by atoms with van der Waals surface area (Å²) in [6, 6.07) is 6.74. The highest BCUT2D eigenvalue weighted by Crippen LogP contribution is 2.11. The number of sulfonamides is 1. The number of benzene rings is 1. The number of hydrogen-bond acceptors (Lipinski definition) is 4. The Kier molecular flexibility index (Phi) is 6.70. The molecule has 7 heteroatoms. The molecule has 0 amide bonds. The van der Waals surface area contributed by atoms with Gasteiger partial charge >= 0.3 is 5.97 Å². The van der Waals surface area contributed by atoms with Crippen molar-refractivity contribution in [2.75, 3.05) is 13.2 Å². The maximum Gasteiger partial charge on any atom is 0.307 e. The molecule has 0 aliphatic carbocycles. The summed E-state index contributed by atoms with van der Waals surface area (Å²) >= 11 is 5.73. The molecule has 0 fully saturated rings. The summed E-state index contributed by atoms with van der Waals surface area (Å²) in [6.07, 6.45) is 1.45. The Morgan fingerprint density at radius 2 is 2.00 bits per heavy atom. The van der Waals surface area contributed by atoms with Gasteiger partial charge in [-0.25, -0.2) is 13.1 Å². The zero-order valence-corrected chi connectivity index (χ0v) is 12.6. The van der Waals surface area contributed by atoms with Gasteiger partial charge in [0, 0.05) is 17.0 Å². The summed E-state index contributed by atoms with van der Waals surface area (Å²) < 4.78 is 30.2. The van der Waals surface area contributed by atoms with E-state index < -0.39 is 16.0 Å². The lowest BCUT2D eigenvalue weighted by Crippen LogP contribution is -2.24. The quantitative estimate of drug-likeness (QED) is 0.782. The predicted molar refractivity (Wildman–Crippen MR) is 78.7 cm³/mol. The summed E-state index contributed by atoms with van der Waals surface area (Å²) in [6.45, 7) is 1.98. The van der Waals surface area contributed by atoms with Crippen LogP contribution in [0, 0.1) is 0 Å². The van der Waals surface area contributed by atoms with Gasteiger partial charge in [0.25, 0.3) is 0 Å². The van der Waals surface area contributed by atoms with Crippen LogP contribution in [0.4, 0.5) is 0 Å². The van der Waals surface area contributed by atoms with Crippen LogP contribution in [-0.2, 0) is 19.6 Å². The highest BCUT2D eigenvalue weighted by atomic mass is 35.5. The van der Waals surface area contributed by atoms with Gasteiger partial charge in [0.05, 0.1) is 13.0 Å². The normalized spacial score (nSPS) is 11.7. The van der Waals surface area contributed by atoms with Crippen LogP contribution in [0.3, 0.4) is 0 Å². The zero-order valence-electron chi connectivity index (χ0n) is 11.0. The third-order valence-corrected chi connectivity index (χ3v) is 3.60. The Balaban J connectivity index is 2.49. The minimum absolute atomic E-state index is 0.00184. The van der Waals surface area contributed by atoms with Crippen molar-refractivity contribution in [2.24, 2.45) is 0 Å². The molecule has 0 atom stereocenters. The van der Waals surface area contributed by atoms with Gasteiger partial charge < -0.3 is 4.74 Å². The Labute approximate surface area is 123 Å². The fraction of sp³-hybridized carbons (Fsp3) is 0.308. The van der Waals surface area contributed by atoms with E-state index in [0.29, 0.717) is 10.6 Å². The molecule has 0 radical (unpaired) electrons. The summed E-state index contributed by atoms with van der Waals surface area (Å²) in [7, 11) is -3.57. The minimum Gasteiger partial charge on any atom is -0.466 e. The van der Waals surface area contributed by atoms with Crippen molar-refractivity contribution in [2.45, 2.75) is 13.3 Å². The third kappa shape index (κ3) is 6.70. The molecule has 5 nitrogen and oxygen atoms in total. The molecule has 0 bridgehead atoms. The first kappa shape index (κ1) is 16.7. The zero-order chi connectivity index (χ0) is 15.0. The van der Waals surface area contributed by atoms with Gasteiger partial charge in [0.15, 0.2) is 0 Å². The summed E-state index contributed by atoms with van der Waals surface area (Å²) in [5, 5.41) is 1.62. The first-order valence-electron chi connectivity index (χ1n) is 6.02. The van der Waals surface area contributed by atoms with Gasteiger partial charge in [0.2, 0.25) is 10.0 Å². The lowest BCUT2D eigenvalue weighted by Gasteiger charge is -2.03. The van der Waals surface area contributed by atoms with Crippen LogP contribution >= 0.6 is 11.6 Å². The summed E-state index contributed by atoms with van der Waals surface area (Å²) in [5.74, 6) is -0.433. The molecule has 1 aromatic carbocycles. The maximum absolute atomic E-state index is 11.6. The summed E-state index contributed by atoms with van der Waals surface area (Å²) in [5.41, 5.74) is 0.713. The number of hydrogen-bond donors (Lipinski definition) is 1. The summed E-state index contributed by atoms with van der Waals surface area (Å²) in [4.78, 5) is 11.1. The Morgan fingerprint density at radius 3 is 2.60 bits per heavy atom. The average Bonchev–Trinajstić information content (AvgIpc) is 2.38. The van der Waals surface area contributed by atoms with Gasteiger partial charge in [-0.2, -0.15) is 0 Å². The second kappa shape index (κ2) is 8.04. The average molecular weight is 318 g/mol. The van der Waals surface area contributed by atoms with E-state index in [9.17, 15) is 13.2 Å². The monoisotopic (exact) mass is 317 g/mol.